The van der Waals surface area contributed by atoms with Gasteiger partial charge in [0.15, 0.2) is 0 Å². The first-order chi connectivity index (χ1) is 15.0. The maximum absolute atomic E-state index is 12.8. The lowest BCUT2D eigenvalue weighted by atomic mass is 9.96. The number of piperidine rings is 1. The SMILES string of the molecule is CN(Cc1nccn1CC(F)(F)F)C(=O)C1CCN(S(=O)(=O)/C=C/c2ccccc2)CC1. The molecule has 2 heterocycles. The average Bonchev–Trinajstić information content (AvgIpc) is 3.17. The molecule has 1 aromatic carbocycles. The van der Waals surface area contributed by atoms with Crippen molar-refractivity contribution in [1.29, 1.82) is 0 Å². The van der Waals surface area contributed by atoms with Gasteiger partial charge in [-0.15, -0.1) is 0 Å². The molecule has 174 valence electrons. The van der Waals surface area contributed by atoms with Gasteiger partial charge in [0, 0.05) is 43.9 Å². The highest BCUT2D eigenvalue weighted by Gasteiger charge is 2.32. The minimum Gasteiger partial charge on any atom is -0.338 e. The van der Waals surface area contributed by atoms with Crippen LogP contribution >= 0.6 is 0 Å². The van der Waals surface area contributed by atoms with Crippen LogP contribution in [0.1, 0.15) is 24.2 Å². The molecule has 11 heteroatoms. The number of hydrogen-bond donors (Lipinski definition) is 0. The van der Waals surface area contributed by atoms with Crippen LogP contribution in [-0.2, 0) is 27.9 Å². The van der Waals surface area contributed by atoms with Crippen LogP contribution in [-0.4, -0.2) is 59.4 Å². The molecule has 0 bridgehead atoms. The van der Waals surface area contributed by atoms with Gasteiger partial charge in [-0.25, -0.2) is 13.4 Å². The van der Waals surface area contributed by atoms with Crippen molar-refractivity contribution in [2.45, 2.75) is 32.1 Å². The summed E-state index contributed by atoms with van der Waals surface area (Å²) in [5, 5.41) is 1.16. The number of rotatable bonds is 7. The molecule has 3 rings (SSSR count). The fraction of sp³-hybridized carbons (Fsp3) is 0.429. The Labute approximate surface area is 185 Å². The van der Waals surface area contributed by atoms with E-state index in [-0.39, 0.29) is 31.4 Å². The molecule has 32 heavy (non-hydrogen) atoms. The third kappa shape index (κ3) is 6.42. The molecular formula is C21H25F3N4O3S. The quantitative estimate of drug-likeness (QED) is 0.623. The largest absolute Gasteiger partial charge is 0.406 e. The molecule has 1 aliphatic rings. The van der Waals surface area contributed by atoms with Crippen molar-refractivity contribution >= 4 is 22.0 Å². The van der Waals surface area contributed by atoms with Crippen LogP contribution in [0.5, 0.6) is 0 Å². The predicted molar refractivity (Wildman–Crippen MR) is 113 cm³/mol. The highest BCUT2D eigenvalue weighted by Crippen LogP contribution is 2.23. The Bertz CT molecular complexity index is 1040. The van der Waals surface area contributed by atoms with E-state index in [9.17, 15) is 26.4 Å². The number of sulfonamides is 1. The predicted octanol–water partition coefficient (Wildman–Crippen LogP) is 3.12. The molecule has 0 saturated carbocycles. The van der Waals surface area contributed by atoms with E-state index in [2.05, 4.69) is 4.98 Å². The molecule has 1 aliphatic heterocycles. The summed E-state index contributed by atoms with van der Waals surface area (Å²) in [6.07, 6.45) is 0.338. The van der Waals surface area contributed by atoms with Gasteiger partial charge >= 0.3 is 6.18 Å². The van der Waals surface area contributed by atoms with Gasteiger partial charge < -0.3 is 9.47 Å². The van der Waals surface area contributed by atoms with E-state index in [0.717, 1.165) is 15.5 Å². The molecular weight excluding hydrogens is 445 g/mol. The van der Waals surface area contributed by atoms with Crippen LogP contribution in [0.2, 0.25) is 0 Å². The molecule has 1 amide bonds. The molecule has 0 unspecified atom stereocenters. The normalized spacial score (nSPS) is 16.5. The number of halogens is 3. The standard InChI is InChI=1S/C21H25F3N4O3S/c1-26(15-19-25-10-13-27(19)16-21(22,23)24)20(29)18-7-11-28(12-8-18)32(30,31)14-9-17-5-3-2-4-6-17/h2-6,9-10,13-14,18H,7-8,11-12,15-16H2,1H3/b14-9+. The van der Waals surface area contributed by atoms with Gasteiger partial charge in [0.05, 0.1) is 6.54 Å². The lowest BCUT2D eigenvalue weighted by Gasteiger charge is -2.31. The summed E-state index contributed by atoms with van der Waals surface area (Å²) in [5.41, 5.74) is 0.770. The van der Waals surface area contributed by atoms with Crippen LogP contribution in [0.3, 0.4) is 0 Å². The summed E-state index contributed by atoms with van der Waals surface area (Å²) in [5.74, 6) is -0.483. The lowest BCUT2D eigenvalue weighted by molar-refractivity contribution is -0.141. The second-order valence-corrected chi connectivity index (χ2v) is 9.53. The van der Waals surface area contributed by atoms with E-state index in [0.29, 0.717) is 12.8 Å². The smallest absolute Gasteiger partial charge is 0.338 e. The molecule has 0 atom stereocenters. The monoisotopic (exact) mass is 470 g/mol. The molecule has 0 spiro atoms. The number of alkyl halides is 3. The number of imidazole rings is 1. The summed E-state index contributed by atoms with van der Waals surface area (Å²) in [6.45, 7) is -0.819. The zero-order valence-corrected chi connectivity index (χ0v) is 18.4. The van der Waals surface area contributed by atoms with E-state index >= 15 is 0 Å². The van der Waals surface area contributed by atoms with Gasteiger partial charge in [-0.05, 0) is 24.5 Å². The van der Waals surface area contributed by atoms with Crippen LogP contribution in [0, 0.1) is 5.92 Å². The third-order valence-corrected chi connectivity index (χ3v) is 6.87. The molecule has 2 aromatic rings. The van der Waals surface area contributed by atoms with Crippen molar-refractivity contribution in [2.24, 2.45) is 5.92 Å². The molecule has 0 aliphatic carbocycles. The maximum Gasteiger partial charge on any atom is 0.406 e. The highest BCUT2D eigenvalue weighted by atomic mass is 32.2. The number of benzene rings is 1. The number of amides is 1. The van der Waals surface area contributed by atoms with E-state index in [4.69, 9.17) is 0 Å². The lowest BCUT2D eigenvalue weighted by Crippen LogP contribution is -2.43. The third-order valence-electron chi connectivity index (χ3n) is 5.30. The van der Waals surface area contributed by atoms with Gasteiger partial charge in [-0.1, -0.05) is 30.3 Å². The van der Waals surface area contributed by atoms with Crippen molar-refractivity contribution in [3.63, 3.8) is 0 Å². The average molecular weight is 471 g/mol. The van der Waals surface area contributed by atoms with Crippen molar-refractivity contribution in [3.05, 3.63) is 59.5 Å². The van der Waals surface area contributed by atoms with Crippen LogP contribution < -0.4 is 0 Å². The minimum absolute atomic E-state index is 0.0553. The van der Waals surface area contributed by atoms with Crippen molar-refractivity contribution in [1.82, 2.24) is 18.8 Å². The van der Waals surface area contributed by atoms with Gasteiger partial charge in [0.25, 0.3) is 0 Å². The topological polar surface area (TPSA) is 75.5 Å². The second kappa shape index (κ2) is 9.86. The molecule has 0 radical (unpaired) electrons. The van der Waals surface area contributed by atoms with Crippen LogP contribution in [0.4, 0.5) is 13.2 Å². The Hall–Kier alpha value is -2.66. The fourth-order valence-electron chi connectivity index (χ4n) is 3.60. The number of nitrogens with zero attached hydrogens (tertiary/aromatic N) is 4. The molecule has 1 fully saturated rings. The summed E-state index contributed by atoms with van der Waals surface area (Å²) < 4.78 is 65.5. The van der Waals surface area contributed by atoms with Crippen molar-refractivity contribution in [3.8, 4) is 0 Å². The van der Waals surface area contributed by atoms with E-state index in [1.54, 1.807) is 12.1 Å². The van der Waals surface area contributed by atoms with Gasteiger partial charge in [-0.3, -0.25) is 4.79 Å². The van der Waals surface area contributed by atoms with E-state index in [1.807, 2.05) is 18.2 Å². The minimum atomic E-state index is -4.38. The number of aromatic nitrogens is 2. The molecule has 1 aromatic heterocycles. The zero-order valence-electron chi connectivity index (χ0n) is 17.6. The fourth-order valence-corrected chi connectivity index (χ4v) is 4.82. The number of hydrogen-bond acceptors (Lipinski definition) is 4. The Balaban J connectivity index is 1.55. The number of carbonyl (C=O) groups excluding carboxylic acids is 1. The Kier molecular flexibility index (Phi) is 7.40. The molecule has 7 nitrogen and oxygen atoms in total. The molecule has 0 N–H and O–H groups in total. The van der Waals surface area contributed by atoms with E-state index in [1.165, 1.54) is 34.7 Å². The van der Waals surface area contributed by atoms with Crippen molar-refractivity contribution < 1.29 is 26.4 Å². The maximum atomic E-state index is 12.8. The zero-order chi connectivity index (χ0) is 23.4. The van der Waals surface area contributed by atoms with Crippen LogP contribution in [0.25, 0.3) is 6.08 Å². The summed E-state index contributed by atoms with van der Waals surface area (Å²) in [7, 11) is -2.09. The van der Waals surface area contributed by atoms with Gasteiger partial charge in [0.1, 0.15) is 12.4 Å². The summed E-state index contributed by atoms with van der Waals surface area (Å²) >= 11 is 0. The Morgan fingerprint density at radius 1 is 1.22 bits per heavy atom. The first kappa shape index (κ1) is 24.0. The number of carbonyl (C=O) groups is 1. The highest BCUT2D eigenvalue weighted by molar-refractivity contribution is 7.92. The summed E-state index contributed by atoms with van der Waals surface area (Å²) in [6, 6.07) is 9.07. The van der Waals surface area contributed by atoms with Gasteiger partial charge in [-0.2, -0.15) is 17.5 Å². The first-order valence-electron chi connectivity index (χ1n) is 10.1. The van der Waals surface area contributed by atoms with E-state index < -0.39 is 28.7 Å². The summed E-state index contributed by atoms with van der Waals surface area (Å²) in [4.78, 5) is 18.1. The Morgan fingerprint density at radius 3 is 2.50 bits per heavy atom. The van der Waals surface area contributed by atoms with Crippen LogP contribution in [0.15, 0.2) is 48.1 Å². The first-order valence-corrected chi connectivity index (χ1v) is 11.6. The van der Waals surface area contributed by atoms with Crippen molar-refractivity contribution in [2.75, 3.05) is 20.1 Å². The Morgan fingerprint density at radius 2 is 1.88 bits per heavy atom. The second-order valence-electron chi connectivity index (χ2n) is 7.71. The van der Waals surface area contributed by atoms with Gasteiger partial charge in [0.2, 0.25) is 15.9 Å². The molecule has 1 saturated heterocycles.